The number of rotatable bonds is 6. The van der Waals surface area contributed by atoms with E-state index in [9.17, 15) is 13.2 Å². The second kappa shape index (κ2) is 9.76. The lowest BCUT2D eigenvalue weighted by Crippen LogP contribution is -2.39. The van der Waals surface area contributed by atoms with Crippen LogP contribution in [0.4, 0.5) is 10.1 Å². The zero-order valence-electron chi connectivity index (χ0n) is 21.3. The first-order valence-electron chi connectivity index (χ1n) is 12.5. The maximum absolute atomic E-state index is 15.4. The van der Waals surface area contributed by atoms with Crippen LogP contribution in [-0.4, -0.2) is 26.1 Å². The van der Waals surface area contributed by atoms with Crippen LogP contribution in [0.3, 0.4) is 0 Å². The Morgan fingerprint density at radius 2 is 1.71 bits per heavy atom. The number of aryl methyl sites for hydroxylation is 3. The van der Waals surface area contributed by atoms with Gasteiger partial charge in [-0.15, -0.1) is 0 Å². The second-order valence-corrected chi connectivity index (χ2v) is 12.2. The average molecular weight is 499 g/mol. The summed E-state index contributed by atoms with van der Waals surface area (Å²) in [6, 6.07) is 7.83. The summed E-state index contributed by atoms with van der Waals surface area (Å²) in [6.45, 7) is 12.2. The van der Waals surface area contributed by atoms with Gasteiger partial charge in [0.1, 0.15) is 10.7 Å². The molecule has 0 N–H and O–H groups in total. The molecule has 0 amide bonds. The molecule has 0 unspecified atom stereocenters. The molecule has 0 aliphatic carbocycles. The smallest absolute Gasteiger partial charge is 0.211 e. The average Bonchev–Trinajstić information content (AvgIpc) is 2.79. The summed E-state index contributed by atoms with van der Waals surface area (Å²) in [4.78, 5) is 15.3. The summed E-state index contributed by atoms with van der Waals surface area (Å²) in [7, 11) is -4.07. The van der Waals surface area contributed by atoms with E-state index in [2.05, 4.69) is 25.7 Å². The summed E-state index contributed by atoms with van der Waals surface area (Å²) < 4.78 is 44.3. The van der Waals surface area contributed by atoms with Gasteiger partial charge >= 0.3 is 0 Å². The molecule has 1 aliphatic heterocycles. The Kier molecular flexibility index (Phi) is 7.09. The van der Waals surface area contributed by atoms with E-state index in [1.165, 1.54) is 18.3 Å². The molecule has 4 rings (SSSR count). The van der Waals surface area contributed by atoms with Crippen molar-refractivity contribution in [3.63, 3.8) is 0 Å². The van der Waals surface area contributed by atoms with Crippen molar-refractivity contribution in [2.24, 2.45) is 11.8 Å². The van der Waals surface area contributed by atoms with E-state index >= 15 is 4.39 Å². The molecule has 1 aromatic heterocycles. The molecule has 35 heavy (non-hydrogen) atoms. The molecule has 188 valence electrons. The van der Waals surface area contributed by atoms with E-state index < -0.39 is 21.1 Å². The van der Waals surface area contributed by atoms with Gasteiger partial charge in [-0.1, -0.05) is 33.3 Å². The maximum atomic E-state index is 15.4. The number of hydrogen-bond acceptors (Lipinski definition) is 4. The normalized spacial score (nSPS) is 18.9. The highest BCUT2D eigenvalue weighted by atomic mass is 32.2. The molecule has 2 atom stereocenters. The van der Waals surface area contributed by atoms with Crippen molar-refractivity contribution < 1.29 is 12.8 Å². The third kappa shape index (κ3) is 4.88. The molecule has 0 saturated carbocycles. The fourth-order valence-electron chi connectivity index (χ4n) is 5.19. The van der Waals surface area contributed by atoms with Crippen molar-refractivity contribution >= 4 is 26.4 Å². The fourth-order valence-corrected chi connectivity index (χ4v) is 6.64. The van der Waals surface area contributed by atoms with Crippen molar-refractivity contribution in [3.8, 4) is 0 Å². The van der Waals surface area contributed by atoms with Gasteiger partial charge in [-0.05, 0) is 73.9 Å². The minimum Gasteiger partial charge on any atom is -0.369 e. The third-order valence-electron chi connectivity index (χ3n) is 7.16. The molecular weight excluding hydrogens is 463 g/mol. The quantitative estimate of drug-likeness (QED) is 0.426. The van der Waals surface area contributed by atoms with Crippen LogP contribution in [0, 0.1) is 31.5 Å². The van der Waals surface area contributed by atoms with E-state index in [1.807, 2.05) is 18.4 Å². The number of fused-ring (bicyclic) bond motifs is 1. The third-order valence-corrected chi connectivity index (χ3v) is 8.90. The Morgan fingerprint density at radius 3 is 2.34 bits per heavy atom. The first kappa shape index (κ1) is 25.4. The van der Waals surface area contributed by atoms with Gasteiger partial charge in [0.2, 0.25) is 15.3 Å². The van der Waals surface area contributed by atoms with Crippen LogP contribution in [0.25, 0.3) is 10.9 Å². The number of unbranched alkanes of at least 4 members (excludes halogenated alkanes) is 1. The minimum atomic E-state index is -4.07. The number of hydrogen-bond donors (Lipinski definition) is 0. The number of benzene rings is 2. The van der Waals surface area contributed by atoms with Crippen molar-refractivity contribution in [3.05, 3.63) is 63.7 Å². The topological polar surface area (TPSA) is 59.4 Å². The summed E-state index contributed by atoms with van der Waals surface area (Å²) in [6.07, 6.45) is 4.27. The van der Waals surface area contributed by atoms with Crippen molar-refractivity contribution in [2.45, 2.75) is 70.2 Å². The molecule has 3 aromatic rings. The molecule has 2 aromatic carbocycles. The van der Waals surface area contributed by atoms with Crippen molar-refractivity contribution in [1.82, 2.24) is 4.57 Å². The first-order valence-corrected chi connectivity index (χ1v) is 13.9. The molecule has 1 saturated heterocycles. The number of nitrogens with zero attached hydrogens (tertiary/aromatic N) is 2. The van der Waals surface area contributed by atoms with Crippen LogP contribution in [0.15, 0.2) is 51.1 Å². The highest BCUT2D eigenvalue weighted by Crippen LogP contribution is 2.32. The van der Waals surface area contributed by atoms with Crippen molar-refractivity contribution in [2.75, 3.05) is 18.0 Å². The molecule has 1 aliphatic rings. The lowest BCUT2D eigenvalue weighted by molar-refractivity contribution is 0.354. The predicted octanol–water partition coefficient (Wildman–Crippen LogP) is 5.87. The summed E-state index contributed by atoms with van der Waals surface area (Å²) >= 11 is 0. The molecular formula is C28H35FN2O3S. The highest BCUT2D eigenvalue weighted by molar-refractivity contribution is 7.91. The zero-order valence-corrected chi connectivity index (χ0v) is 22.1. The standard InChI is InChI=1S/C28H35FN2O3S/c1-6-7-10-30-17-27(35(33,34)22-9-8-20(4)21(5)12-22)28(32)23-13-24(29)26(14-25(23)30)31-15-18(2)11-19(3)16-31/h8-9,12-14,17-19H,6-7,10-11,15-16H2,1-5H3/t18-,19+. The number of pyridine rings is 1. The minimum absolute atomic E-state index is 0.0764. The Hall–Kier alpha value is -2.67. The van der Waals surface area contributed by atoms with Gasteiger partial charge in [0, 0.05) is 25.8 Å². The predicted molar refractivity (Wildman–Crippen MR) is 140 cm³/mol. The lowest BCUT2D eigenvalue weighted by atomic mass is 9.91. The Balaban J connectivity index is 1.92. The van der Waals surface area contributed by atoms with E-state index in [4.69, 9.17) is 0 Å². The van der Waals surface area contributed by atoms with Gasteiger partial charge in [-0.25, -0.2) is 12.8 Å². The Bertz CT molecular complexity index is 1420. The monoisotopic (exact) mass is 498 g/mol. The summed E-state index contributed by atoms with van der Waals surface area (Å²) in [5.41, 5.74) is 2.20. The van der Waals surface area contributed by atoms with Gasteiger partial charge in [-0.3, -0.25) is 4.79 Å². The lowest BCUT2D eigenvalue weighted by Gasteiger charge is -2.37. The van der Waals surface area contributed by atoms with Crippen LogP contribution < -0.4 is 10.3 Å². The summed E-state index contributed by atoms with van der Waals surface area (Å²) in [5, 5.41) is 0.102. The van der Waals surface area contributed by atoms with Gasteiger partial charge in [-0.2, -0.15) is 0 Å². The molecule has 0 radical (unpaired) electrons. The van der Waals surface area contributed by atoms with Crippen LogP contribution in [0.2, 0.25) is 0 Å². The molecule has 0 bridgehead atoms. The van der Waals surface area contributed by atoms with E-state index in [-0.39, 0.29) is 15.2 Å². The number of piperidine rings is 1. The first-order chi connectivity index (χ1) is 16.5. The molecule has 2 heterocycles. The fraction of sp³-hybridized carbons (Fsp3) is 0.464. The van der Waals surface area contributed by atoms with Gasteiger partial charge in [0.05, 0.1) is 21.5 Å². The van der Waals surface area contributed by atoms with Crippen molar-refractivity contribution in [1.29, 1.82) is 0 Å². The Labute approximate surface area is 207 Å². The second-order valence-electron chi connectivity index (χ2n) is 10.3. The number of halogens is 1. The van der Waals surface area contributed by atoms with E-state index in [0.717, 1.165) is 43.5 Å². The molecule has 1 fully saturated rings. The molecule has 0 spiro atoms. The number of aromatic nitrogens is 1. The van der Waals surface area contributed by atoms with E-state index in [0.29, 0.717) is 29.6 Å². The SMILES string of the molecule is CCCCn1cc(S(=O)(=O)c2ccc(C)c(C)c2)c(=O)c2cc(F)c(N3C[C@H](C)C[C@H](C)C3)cc21. The molecule has 7 heteroatoms. The maximum Gasteiger partial charge on any atom is 0.211 e. The van der Waals surface area contributed by atoms with Gasteiger partial charge in [0.15, 0.2) is 0 Å². The van der Waals surface area contributed by atoms with Gasteiger partial charge < -0.3 is 9.47 Å². The zero-order chi connectivity index (χ0) is 25.5. The van der Waals surface area contributed by atoms with Crippen LogP contribution in [0.5, 0.6) is 0 Å². The van der Waals surface area contributed by atoms with Crippen LogP contribution in [-0.2, 0) is 16.4 Å². The summed E-state index contributed by atoms with van der Waals surface area (Å²) in [5.74, 6) is 0.405. The van der Waals surface area contributed by atoms with Crippen LogP contribution in [0.1, 0.15) is 51.2 Å². The number of sulfone groups is 1. The Morgan fingerprint density at radius 1 is 1.03 bits per heavy atom. The largest absolute Gasteiger partial charge is 0.369 e. The van der Waals surface area contributed by atoms with E-state index in [1.54, 1.807) is 18.2 Å². The van der Waals surface area contributed by atoms with Crippen LogP contribution >= 0.6 is 0 Å². The highest BCUT2D eigenvalue weighted by Gasteiger charge is 2.27. The number of anilines is 1. The van der Waals surface area contributed by atoms with Gasteiger partial charge in [0.25, 0.3) is 0 Å². The molecule has 5 nitrogen and oxygen atoms in total.